The second-order valence-corrected chi connectivity index (χ2v) is 5.23. The van der Waals surface area contributed by atoms with Crippen molar-refractivity contribution in [3.8, 4) is 0 Å². The van der Waals surface area contributed by atoms with Crippen LogP contribution in [0.2, 0.25) is 0 Å². The fourth-order valence-electron chi connectivity index (χ4n) is 2.66. The maximum atomic E-state index is 13.0. The lowest BCUT2D eigenvalue weighted by atomic mass is 10.0. The molecule has 1 atom stereocenters. The highest BCUT2D eigenvalue weighted by atomic mass is 19.1. The van der Waals surface area contributed by atoms with Gasteiger partial charge < -0.3 is 10.2 Å². The van der Waals surface area contributed by atoms with E-state index < -0.39 is 0 Å². The molecule has 1 aromatic carbocycles. The Kier molecular flexibility index (Phi) is 5.14. The van der Waals surface area contributed by atoms with E-state index in [0.717, 1.165) is 24.7 Å². The molecule has 0 aliphatic carbocycles. The Morgan fingerprint density at radius 2 is 2.28 bits per heavy atom. The Bertz CT molecular complexity index is 367. The van der Waals surface area contributed by atoms with E-state index in [1.54, 1.807) is 12.1 Å². The largest absolute Gasteiger partial charge is 0.313 e. The molecule has 0 saturated carbocycles. The normalized spacial score (nSPS) is 21.1. The Hall–Kier alpha value is -0.930. The molecule has 0 amide bonds. The molecule has 0 bridgehead atoms. The highest BCUT2D eigenvalue weighted by molar-refractivity contribution is 5.15. The molecule has 1 aromatic rings. The van der Waals surface area contributed by atoms with Crippen molar-refractivity contribution in [2.24, 2.45) is 0 Å². The van der Waals surface area contributed by atoms with E-state index >= 15 is 0 Å². The van der Waals surface area contributed by atoms with Crippen molar-refractivity contribution < 1.29 is 4.39 Å². The van der Waals surface area contributed by atoms with Crippen LogP contribution in [0.3, 0.4) is 0 Å². The summed E-state index contributed by atoms with van der Waals surface area (Å²) in [6, 6.07) is 7.53. The fraction of sp³-hybridized carbons (Fsp3) is 0.600. The molecule has 0 aromatic heterocycles. The van der Waals surface area contributed by atoms with Gasteiger partial charge in [0.05, 0.1) is 0 Å². The van der Waals surface area contributed by atoms with E-state index in [1.165, 1.54) is 38.3 Å². The number of hydrogen-bond acceptors (Lipinski definition) is 2. The smallest absolute Gasteiger partial charge is 0.123 e. The van der Waals surface area contributed by atoms with Crippen LogP contribution in [-0.2, 0) is 6.54 Å². The maximum absolute atomic E-state index is 13.0. The average Bonchev–Trinajstić information content (AvgIpc) is 2.37. The molecule has 3 heteroatoms. The van der Waals surface area contributed by atoms with Crippen LogP contribution >= 0.6 is 0 Å². The summed E-state index contributed by atoms with van der Waals surface area (Å²) < 4.78 is 13.0. The number of nitrogens with zero attached hydrogens (tertiary/aromatic N) is 1. The van der Waals surface area contributed by atoms with Crippen molar-refractivity contribution >= 4 is 0 Å². The minimum atomic E-state index is -0.152. The van der Waals surface area contributed by atoms with Crippen LogP contribution < -0.4 is 5.32 Å². The number of rotatable bonds is 5. The minimum absolute atomic E-state index is 0.152. The Labute approximate surface area is 109 Å². The lowest BCUT2D eigenvalue weighted by Crippen LogP contribution is -2.38. The predicted octanol–water partition coefficient (Wildman–Crippen LogP) is 2.79. The van der Waals surface area contributed by atoms with Crippen LogP contribution in [0.5, 0.6) is 0 Å². The third-order valence-electron chi connectivity index (χ3n) is 3.79. The van der Waals surface area contributed by atoms with E-state index in [4.69, 9.17) is 0 Å². The van der Waals surface area contributed by atoms with Gasteiger partial charge in [0, 0.05) is 12.6 Å². The van der Waals surface area contributed by atoms with Gasteiger partial charge in [-0.3, -0.25) is 0 Å². The van der Waals surface area contributed by atoms with Crippen LogP contribution in [-0.4, -0.2) is 31.1 Å². The van der Waals surface area contributed by atoms with Gasteiger partial charge in [0.15, 0.2) is 0 Å². The van der Waals surface area contributed by atoms with E-state index in [-0.39, 0.29) is 5.82 Å². The van der Waals surface area contributed by atoms with Crippen LogP contribution in [0.4, 0.5) is 4.39 Å². The van der Waals surface area contributed by atoms with Gasteiger partial charge in [-0.05, 0) is 57.1 Å². The second kappa shape index (κ2) is 6.86. The first-order valence-electron chi connectivity index (χ1n) is 6.91. The Balaban J connectivity index is 1.66. The summed E-state index contributed by atoms with van der Waals surface area (Å²) in [5.74, 6) is -0.152. The average molecular weight is 250 g/mol. The van der Waals surface area contributed by atoms with Gasteiger partial charge >= 0.3 is 0 Å². The van der Waals surface area contributed by atoms with Crippen LogP contribution in [0.1, 0.15) is 31.2 Å². The molecule has 100 valence electrons. The van der Waals surface area contributed by atoms with Gasteiger partial charge in [0.25, 0.3) is 0 Å². The highest BCUT2D eigenvalue weighted by Crippen LogP contribution is 2.17. The molecule has 2 nitrogen and oxygen atoms in total. The summed E-state index contributed by atoms with van der Waals surface area (Å²) in [6.45, 7) is 2.99. The zero-order valence-corrected chi connectivity index (χ0v) is 11.2. The monoisotopic (exact) mass is 250 g/mol. The first-order chi connectivity index (χ1) is 8.75. The van der Waals surface area contributed by atoms with E-state index in [1.807, 2.05) is 6.07 Å². The summed E-state index contributed by atoms with van der Waals surface area (Å²) in [5, 5.41) is 3.40. The summed E-state index contributed by atoms with van der Waals surface area (Å²) in [6.07, 6.45) is 5.20. The zero-order chi connectivity index (χ0) is 12.8. The first kappa shape index (κ1) is 13.5. The second-order valence-electron chi connectivity index (χ2n) is 5.23. The van der Waals surface area contributed by atoms with E-state index in [0.29, 0.717) is 0 Å². The van der Waals surface area contributed by atoms with Crippen molar-refractivity contribution in [2.75, 3.05) is 20.1 Å². The topological polar surface area (TPSA) is 15.3 Å². The zero-order valence-electron chi connectivity index (χ0n) is 11.2. The standard InChI is InChI=1S/C15H23FN2/c1-18-10-3-2-7-15(18)8-9-17-12-13-5-4-6-14(16)11-13/h4-6,11,15,17H,2-3,7-10,12H2,1H3. The highest BCUT2D eigenvalue weighted by Gasteiger charge is 2.17. The van der Waals surface area contributed by atoms with E-state index in [9.17, 15) is 4.39 Å². The summed E-state index contributed by atoms with van der Waals surface area (Å²) in [7, 11) is 2.22. The van der Waals surface area contributed by atoms with Gasteiger partial charge in [-0.1, -0.05) is 18.6 Å². The van der Waals surface area contributed by atoms with Crippen LogP contribution in [0.15, 0.2) is 24.3 Å². The SMILES string of the molecule is CN1CCCCC1CCNCc1cccc(F)c1. The molecule has 2 rings (SSSR count). The van der Waals surface area contributed by atoms with Gasteiger partial charge in [0.1, 0.15) is 5.82 Å². The first-order valence-corrected chi connectivity index (χ1v) is 6.91. The molecule has 1 aliphatic rings. The summed E-state index contributed by atoms with van der Waals surface area (Å²) in [4.78, 5) is 2.47. The molecule has 1 aliphatic heterocycles. The number of halogens is 1. The number of hydrogen-bond donors (Lipinski definition) is 1. The Morgan fingerprint density at radius 1 is 1.39 bits per heavy atom. The van der Waals surface area contributed by atoms with Crippen LogP contribution in [0, 0.1) is 5.82 Å². The molecule has 1 saturated heterocycles. The molecule has 18 heavy (non-hydrogen) atoms. The molecular weight excluding hydrogens is 227 g/mol. The van der Waals surface area contributed by atoms with Gasteiger partial charge in [-0.15, -0.1) is 0 Å². The Morgan fingerprint density at radius 3 is 3.06 bits per heavy atom. The van der Waals surface area contributed by atoms with Crippen molar-refractivity contribution in [1.29, 1.82) is 0 Å². The third kappa shape index (κ3) is 4.07. The molecule has 0 spiro atoms. The summed E-state index contributed by atoms with van der Waals surface area (Å²) in [5.41, 5.74) is 1.02. The van der Waals surface area contributed by atoms with Crippen molar-refractivity contribution in [3.05, 3.63) is 35.6 Å². The van der Waals surface area contributed by atoms with Gasteiger partial charge in [-0.2, -0.15) is 0 Å². The molecular formula is C15H23FN2. The molecule has 1 unspecified atom stereocenters. The maximum Gasteiger partial charge on any atom is 0.123 e. The van der Waals surface area contributed by atoms with E-state index in [2.05, 4.69) is 17.3 Å². The van der Waals surface area contributed by atoms with Gasteiger partial charge in [0.2, 0.25) is 0 Å². The molecule has 1 N–H and O–H groups in total. The quantitative estimate of drug-likeness (QED) is 0.808. The summed E-state index contributed by atoms with van der Waals surface area (Å²) >= 11 is 0. The lowest BCUT2D eigenvalue weighted by molar-refractivity contribution is 0.175. The fourth-order valence-corrected chi connectivity index (χ4v) is 2.66. The predicted molar refractivity (Wildman–Crippen MR) is 73.0 cm³/mol. The van der Waals surface area contributed by atoms with Gasteiger partial charge in [-0.25, -0.2) is 4.39 Å². The minimum Gasteiger partial charge on any atom is -0.313 e. The van der Waals surface area contributed by atoms with Crippen molar-refractivity contribution in [1.82, 2.24) is 10.2 Å². The number of benzene rings is 1. The third-order valence-corrected chi connectivity index (χ3v) is 3.79. The lowest BCUT2D eigenvalue weighted by Gasteiger charge is -2.32. The molecule has 0 radical (unpaired) electrons. The molecule has 1 heterocycles. The van der Waals surface area contributed by atoms with Crippen LogP contribution in [0.25, 0.3) is 0 Å². The van der Waals surface area contributed by atoms with Crippen molar-refractivity contribution in [2.45, 2.75) is 38.3 Å². The number of piperidine rings is 1. The molecule has 1 fully saturated rings. The number of nitrogens with one attached hydrogen (secondary N) is 1. The van der Waals surface area contributed by atoms with Crippen molar-refractivity contribution in [3.63, 3.8) is 0 Å². The number of likely N-dealkylation sites (tertiary alicyclic amines) is 1.